The molecule has 0 aliphatic carbocycles. The molecule has 2 N–H and O–H groups in total. The summed E-state index contributed by atoms with van der Waals surface area (Å²) in [6, 6.07) is 8.28. The molecule has 92 valence electrons. The molecule has 1 aromatic carbocycles. The molecule has 2 aromatic rings. The van der Waals surface area contributed by atoms with Gasteiger partial charge in [-0.2, -0.15) is 0 Å². The highest BCUT2D eigenvalue weighted by atomic mass is 79.9. The molecule has 1 amide bonds. The molecule has 0 saturated heterocycles. The van der Waals surface area contributed by atoms with E-state index in [2.05, 4.69) is 20.9 Å². The largest absolute Gasteiger partial charge is 0.437 e. The first kappa shape index (κ1) is 12.9. The van der Waals surface area contributed by atoms with Crippen molar-refractivity contribution < 1.29 is 9.53 Å². The second kappa shape index (κ2) is 5.37. The van der Waals surface area contributed by atoms with Crippen molar-refractivity contribution in [1.29, 1.82) is 0 Å². The molecule has 1 aromatic heterocycles. The third-order valence-electron chi connectivity index (χ3n) is 2.14. The second-order valence-electron chi connectivity index (χ2n) is 3.40. The van der Waals surface area contributed by atoms with Crippen molar-refractivity contribution in [3.63, 3.8) is 0 Å². The predicted octanol–water partition coefficient (Wildman–Crippen LogP) is 3.39. The molecule has 0 aliphatic heterocycles. The maximum Gasteiger partial charge on any atom is 0.254 e. The monoisotopic (exact) mass is 326 g/mol. The molecule has 4 nitrogen and oxygen atoms in total. The van der Waals surface area contributed by atoms with E-state index in [1.807, 2.05) is 0 Å². The number of halogens is 2. The van der Waals surface area contributed by atoms with Gasteiger partial charge in [0.25, 0.3) is 5.91 Å². The van der Waals surface area contributed by atoms with Gasteiger partial charge in [0.15, 0.2) is 0 Å². The molecule has 1 heterocycles. The van der Waals surface area contributed by atoms with Gasteiger partial charge in [-0.05, 0) is 30.3 Å². The molecule has 0 radical (unpaired) electrons. The molecule has 0 unspecified atom stereocenters. The molecule has 2 rings (SSSR count). The summed E-state index contributed by atoms with van der Waals surface area (Å²) in [6.45, 7) is 0. The van der Waals surface area contributed by atoms with Gasteiger partial charge >= 0.3 is 0 Å². The van der Waals surface area contributed by atoms with Crippen LogP contribution in [0.5, 0.6) is 11.6 Å². The number of carbonyl (C=O) groups is 1. The Kier molecular flexibility index (Phi) is 3.84. The molecular formula is C12H8BrClN2O2. The normalized spacial score (nSPS) is 10.1. The Bertz CT molecular complexity index is 604. The van der Waals surface area contributed by atoms with Gasteiger partial charge in [-0.25, -0.2) is 4.98 Å². The summed E-state index contributed by atoms with van der Waals surface area (Å²) in [4.78, 5) is 15.2. The van der Waals surface area contributed by atoms with Crippen LogP contribution in [-0.4, -0.2) is 10.9 Å². The molecule has 0 aliphatic rings. The summed E-state index contributed by atoms with van der Waals surface area (Å²) < 4.78 is 6.31. The van der Waals surface area contributed by atoms with Crippen LogP contribution in [0.2, 0.25) is 5.02 Å². The number of pyridine rings is 1. The first-order valence-corrected chi connectivity index (χ1v) is 6.13. The Labute approximate surface area is 117 Å². The lowest BCUT2D eigenvalue weighted by molar-refractivity contribution is 0.0997. The number of hydrogen-bond donors (Lipinski definition) is 1. The smallest absolute Gasteiger partial charge is 0.254 e. The number of hydrogen-bond acceptors (Lipinski definition) is 3. The van der Waals surface area contributed by atoms with Crippen LogP contribution in [-0.2, 0) is 0 Å². The molecule has 6 heteroatoms. The predicted molar refractivity (Wildman–Crippen MR) is 72.0 cm³/mol. The number of carbonyl (C=O) groups excluding carboxylic acids is 1. The van der Waals surface area contributed by atoms with Crippen LogP contribution in [0, 0.1) is 0 Å². The number of nitrogens with two attached hydrogens (primary N) is 1. The summed E-state index contributed by atoms with van der Waals surface area (Å²) in [6.07, 6.45) is 1.51. The highest BCUT2D eigenvalue weighted by Gasteiger charge is 2.12. The van der Waals surface area contributed by atoms with E-state index in [0.717, 1.165) is 4.47 Å². The van der Waals surface area contributed by atoms with Crippen LogP contribution in [0.1, 0.15) is 10.4 Å². The third kappa shape index (κ3) is 2.80. The number of benzene rings is 1. The lowest BCUT2D eigenvalue weighted by atomic mass is 10.2. The number of nitrogens with zero attached hydrogens (tertiary/aromatic N) is 1. The number of rotatable bonds is 3. The van der Waals surface area contributed by atoms with Gasteiger partial charge < -0.3 is 10.5 Å². The maximum absolute atomic E-state index is 11.2. The van der Waals surface area contributed by atoms with Gasteiger partial charge in [0, 0.05) is 10.7 Å². The second-order valence-corrected chi connectivity index (χ2v) is 4.72. The van der Waals surface area contributed by atoms with Gasteiger partial charge in [-0.15, -0.1) is 0 Å². The number of ether oxygens (including phenoxy) is 1. The Morgan fingerprint density at radius 2 is 2.17 bits per heavy atom. The molecule has 18 heavy (non-hydrogen) atoms. The Hall–Kier alpha value is -1.59. The zero-order chi connectivity index (χ0) is 13.1. The highest BCUT2D eigenvalue weighted by Crippen LogP contribution is 2.32. The van der Waals surface area contributed by atoms with Crippen molar-refractivity contribution >= 4 is 33.4 Å². The highest BCUT2D eigenvalue weighted by molar-refractivity contribution is 9.10. The van der Waals surface area contributed by atoms with Crippen molar-refractivity contribution in [2.45, 2.75) is 0 Å². The lowest BCUT2D eigenvalue weighted by Crippen LogP contribution is -2.12. The molecule has 0 spiro atoms. The van der Waals surface area contributed by atoms with Gasteiger partial charge in [-0.1, -0.05) is 27.5 Å². The van der Waals surface area contributed by atoms with Crippen LogP contribution in [0.15, 0.2) is 41.0 Å². The fraction of sp³-hybridized carbons (Fsp3) is 0. The van der Waals surface area contributed by atoms with Crippen molar-refractivity contribution in [1.82, 2.24) is 4.98 Å². The van der Waals surface area contributed by atoms with E-state index in [9.17, 15) is 4.79 Å². The van der Waals surface area contributed by atoms with Crippen molar-refractivity contribution in [3.8, 4) is 11.6 Å². The Morgan fingerprint density at radius 3 is 2.89 bits per heavy atom. The number of amides is 1. The van der Waals surface area contributed by atoms with Gasteiger partial charge in [0.1, 0.15) is 11.3 Å². The summed E-state index contributed by atoms with van der Waals surface area (Å²) in [5, 5.41) is 0.416. The summed E-state index contributed by atoms with van der Waals surface area (Å²) in [5.74, 6) is -0.0820. The molecule has 0 saturated carbocycles. The number of primary amides is 1. The van der Waals surface area contributed by atoms with Crippen molar-refractivity contribution in [2.75, 3.05) is 0 Å². The fourth-order valence-corrected chi connectivity index (χ4v) is 1.82. The molecule has 0 atom stereocenters. The number of aromatic nitrogens is 1. The summed E-state index contributed by atoms with van der Waals surface area (Å²) >= 11 is 9.29. The van der Waals surface area contributed by atoms with Crippen LogP contribution in [0.4, 0.5) is 0 Å². The van der Waals surface area contributed by atoms with Crippen molar-refractivity contribution in [2.24, 2.45) is 5.73 Å². The van der Waals surface area contributed by atoms with Crippen LogP contribution >= 0.6 is 27.5 Å². The fourth-order valence-electron chi connectivity index (χ4n) is 1.32. The quantitative estimate of drug-likeness (QED) is 0.939. The van der Waals surface area contributed by atoms with E-state index in [0.29, 0.717) is 10.8 Å². The first-order chi connectivity index (χ1) is 8.58. The average Bonchev–Trinajstić information content (AvgIpc) is 2.34. The van der Waals surface area contributed by atoms with Crippen LogP contribution in [0.3, 0.4) is 0 Å². The molecule has 0 bridgehead atoms. The topological polar surface area (TPSA) is 65.2 Å². The van der Waals surface area contributed by atoms with Crippen molar-refractivity contribution in [3.05, 3.63) is 51.6 Å². The Morgan fingerprint density at radius 1 is 1.39 bits per heavy atom. The van der Waals surface area contributed by atoms with E-state index >= 15 is 0 Å². The van der Waals surface area contributed by atoms with Gasteiger partial charge in [-0.3, -0.25) is 4.79 Å². The first-order valence-electron chi connectivity index (χ1n) is 4.95. The van der Waals surface area contributed by atoms with Crippen LogP contribution < -0.4 is 10.5 Å². The van der Waals surface area contributed by atoms with E-state index in [1.54, 1.807) is 24.3 Å². The summed E-state index contributed by atoms with van der Waals surface area (Å²) in [5.41, 5.74) is 5.44. The standard InChI is InChI=1S/C12H8BrClN2O2/c13-7-3-4-9(14)10(6-7)18-12-8(11(15)17)2-1-5-16-12/h1-6H,(H2,15,17). The third-order valence-corrected chi connectivity index (χ3v) is 2.94. The minimum Gasteiger partial charge on any atom is -0.437 e. The minimum atomic E-state index is -0.607. The Balaban J connectivity index is 2.40. The van der Waals surface area contributed by atoms with Gasteiger partial charge in [0.2, 0.25) is 5.88 Å². The van der Waals surface area contributed by atoms with E-state index in [-0.39, 0.29) is 11.4 Å². The van der Waals surface area contributed by atoms with Crippen LogP contribution in [0.25, 0.3) is 0 Å². The van der Waals surface area contributed by atoms with E-state index in [1.165, 1.54) is 12.3 Å². The lowest BCUT2D eigenvalue weighted by Gasteiger charge is -2.09. The maximum atomic E-state index is 11.2. The van der Waals surface area contributed by atoms with E-state index < -0.39 is 5.91 Å². The zero-order valence-corrected chi connectivity index (χ0v) is 11.4. The van der Waals surface area contributed by atoms with E-state index in [4.69, 9.17) is 22.1 Å². The van der Waals surface area contributed by atoms with Gasteiger partial charge in [0.05, 0.1) is 5.02 Å². The summed E-state index contributed by atoms with van der Waals surface area (Å²) in [7, 11) is 0. The SMILES string of the molecule is NC(=O)c1cccnc1Oc1cc(Br)ccc1Cl. The molecular weight excluding hydrogens is 320 g/mol. The minimum absolute atomic E-state index is 0.130. The average molecular weight is 328 g/mol. The molecule has 0 fully saturated rings. The zero-order valence-electron chi connectivity index (χ0n) is 9.06.